The lowest BCUT2D eigenvalue weighted by molar-refractivity contribution is -0.127. The first kappa shape index (κ1) is 17.7. The molecule has 1 aromatic carbocycles. The normalized spacial score (nSPS) is 13.9. The Kier molecular flexibility index (Phi) is 5.20. The van der Waals surface area contributed by atoms with E-state index < -0.39 is 0 Å². The van der Waals surface area contributed by atoms with Crippen molar-refractivity contribution in [2.45, 2.75) is 24.9 Å². The minimum Gasteiger partial charge on any atom is -0.342 e. The van der Waals surface area contributed by atoms with Gasteiger partial charge >= 0.3 is 0 Å². The smallest absolute Gasteiger partial charge is 0.233 e. The van der Waals surface area contributed by atoms with Crippen LogP contribution in [0.3, 0.4) is 0 Å². The predicted molar refractivity (Wildman–Crippen MR) is 106 cm³/mol. The molecule has 1 fully saturated rings. The third kappa shape index (κ3) is 3.73. The standard InChI is InChI=1S/C20H21N5OS/c1-15-6-2-3-7-17(15)25-19(16-8-10-21-11-9-16)22-23-20(25)27-14-18(26)24-12-4-5-13-24/h2-3,6-11H,4-5,12-14H2,1H3. The first-order valence-corrected chi connectivity index (χ1v) is 10.0. The van der Waals surface area contributed by atoms with E-state index in [1.807, 2.05) is 33.7 Å². The minimum absolute atomic E-state index is 0.169. The topological polar surface area (TPSA) is 63.9 Å². The van der Waals surface area contributed by atoms with Crippen molar-refractivity contribution in [2.75, 3.05) is 18.8 Å². The SMILES string of the molecule is Cc1ccccc1-n1c(SCC(=O)N2CCCC2)nnc1-c1ccncc1. The van der Waals surface area contributed by atoms with Crippen molar-refractivity contribution in [3.63, 3.8) is 0 Å². The van der Waals surface area contributed by atoms with E-state index in [1.54, 1.807) is 12.4 Å². The summed E-state index contributed by atoms with van der Waals surface area (Å²) in [7, 11) is 0. The van der Waals surface area contributed by atoms with E-state index >= 15 is 0 Å². The van der Waals surface area contributed by atoms with E-state index in [1.165, 1.54) is 11.8 Å². The fourth-order valence-electron chi connectivity index (χ4n) is 3.27. The maximum absolute atomic E-state index is 12.4. The summed E-state index contributed by atoms with van der Waals surface area (Å²) >= 11 is 1.44. The number of hydrogen-bond donors (Lipinski definition) is 0. The van der Waals surface area contributed by atoms with Gasteiger partial charge in [0.05, 0.1) is 11.4 Å². The zero-order valence-corrected chi connectivity index (χ0v) is 16.0. The number of thioether (sulfide) groups is 1. The average Bonchev–Trinajstić information content (AvgIpc) is 3.37. The van der Waals surface area contributed by atoms with Crippen molar-refractivity contribution in [1.29, 1.82) is 0 Å². The molecular weight excluding hydrogens is 358 g/mol. The molecule has 1 amide bonds. The second-order valence-electron chi connectivity index (χ2n) is 6.54. The maximum Gasteiger partial charge on any atom is 0.233 e. The van der Waals surface area contributed by atoms with E-state index in [2.05, 4.69) is 34.2 Å². The lowest BCUT2D eigenvalue weighted by Crippen LogP contribution is -2.29. The van der Waals surface area contributed by atoms with E-state index in [-0.39, 0.29) is 5.91 Å². The highest BCUT2D eigenvalue weighted by atomic mass is 32.2. The van der Waals surface area contributed by atoms with Crippen molar-refractivity contribution in [1.82, 2.24) is 24.6 Å². The molecule has 0 aliphatic carbocycles. The van der Waals surface area contributed by atoms with Crippen LogP contribution in [0.1, 0.15) is 18.4 Å². The number of amides is 1. The maximum atomic E-state index is 12.4. The van der Waals surface area contributed by atoms with Gasteiger partial charge in [-0.1, -0.05) is 30.0 Å². The van der Waals surface area contributed by atoms with Crippen molar-refractivity contribution in [2.24, 2.45) is 0 Å². The van der Waals surface area contributed by atoms with Gasteiger partial charge in [-0.2, -0.15) is 0 Å². The summed E-state index contributed by atoms with van der Waals surface area (Å²) in [5.41, 5.74) is 3.09. The summed E-state index contributed by atoms with van der Waals surface area (Å²) < 4.78 is 2.03. The molecule has 2 aromatic heterocycles. The van der Waals surface area contributed by atoms with E-state index in [9.17, 15) is 4.79 Å². The molecule has 1 saturated heterocycles. The predicted octanol–water partition coefficient (Wildman–Crippen LogP) is 3.35. The first-order chi connectivity index (χ1) is 13.2. The third-order valence-corrected chi connectivity index (χ3v) is 5.63. The van der Waals surface area contributed by atoms with Crippen LogP contribution < -0.4 is 0 Å². The number of para-hydroxylation sites is 1. The molecule has 0 N–H and O–H groups in total. The molecule has 0 unspecified atom stereocenters. The molecule has 1 aliphatic rings. The summed E-state index contributed by atoms with van der Waals surface area (Å²) in [6.45, 7) is 3.80. The van der Waals surface area contributed by atoms with Crippen LogP contribution in [-0.2, 0) is 4.79 Å². The molecule has 0 saturated carbocycles. The fraction of sp³-hybridized carbons (Fsp3) is 0.300. The molecule has 3 heterocycles. The highest BCUT2D eigenvalue weighted by Gasteiger charge is 2.21. The fourth-order valence-corrected chi connectivity index (χ4v) is 4.11. The second-order valence-corrected chi connectivity index (χ2v) is 7.48. The number of rotatable bonds is 5. The molecule has 6 nitrogen and oxygen atoms in total. The Morgan fingerprint density at radius 3 is 2.56 bits per heavy atom. The number of carbonyl (C=O) groups is 1. The molecule has 4 rings (SSSR count). The Morgan fingerprint density at radius 1 is 1.07 bits per heavy atom. The van der Waals surface area contributed by atoms with Crippen molar-refractivity contribution < 1.29 is 4.79 Å². The Morgan fingerprint density at radius 2 is 1.81 bits per heavy atom. The Labute approximate surface area is 162 Å². The Balaban J connectivity index is 1.68. The molecule has 0 radical (unpaired) electrons. The van der Waals surface area contributed by atoms with Crippen LogP contribution in [0.4, 0.5) is 0 Å². The van der Waals surface area contributed by atoms with Crippen LogP contribution in [0.25, 0.3) is 17.1 Å². The summed E-state index contributed by atoms with van der Waals surface area (Å²) in [5, 5.41) is 9.54. The molecular formula is C20H21N5OS. The number of carbonyl (C=O) groups excluding carboxylic acids is 1. The Bertz CT molecular complexity index is 935. The third-order valence-electron chi connectivity index (χ3n) is 4.71. The van der Waals surface area contributed by atoms with Gasteiger partial charge in [0.2, 0.25) is 5.91 Å². The van der Waals surface area contributed by atoms with Crippen molar-refractivity contribution >= 4 is 17.7 Å². The largest absolute Gasteiger partial charge is 0.342 e. The van der Waals surface area contributed by atoms with Gasteiger partial charge in [0.25, 0.3) is 0 Å². The van der Waals surface area contributed by atoms with Crippen LogP contribution in [-0.4, -0.2) is 49.4 Å². The lowest BCUT2D eigenvalue weighted by atomic mass is 10.2. The van der Waals surface area contributed by atoms with Gasteiger partial charge in [0.15, 0.2) is 11.0 Å². The quantitative estimate of drug-likeness (QED) is 0.636. The molecule has 0 bridgehead atoms. The highest BCUT2D eigenvalue weighted by molar-refractivity contribution is 7.99. The number of aromatic nitrogens is 4. The van der Waals surface area contributed by atoms with E-state index in [0.717, 1.165) is 53.7 Å². The Hall–Kier alpha value is -2.67. The molecule has 138 valence electrons. The van der Waals surface area contributed by atoms with Gasteiger partial charge < -0.3 is 4.90 Å². The molecule has 27 heavy (non-hydrogen) atoms. The summed E-state index contributed by atoms with van der Waals surface area (Å²) in [4.78, 5) is 18.5. The number of benzene rings is 1. The van der Waals surface area contributed by atoms with Crippen LogP contribution in [0.15, 0.2) is 53.9 Å². The monoisotopic (exact) mass is 379 g/mol. The molecule has 0 atom stereocenters. The van der Waals surface area contributed by atoms with Crippen LogP contribution in [0, 0.1) is 6.92 Å². The van der Waals surface area contributed by atoms with E-state index in [0.29, 0.717) is 5.75 Å². The lowest BCUT2D eigenvalue weighted by Gasteiger charge is -2.15. The van der Waals surface area contributed by atoms with Gasteiger partial charge in [0, 0.05) is 31.0 Å². The van der Waals surface area contributed by atoms with Gasteiger partial charge in [-0.15, -0.1) is 10.2 Å². The van der Waals surface area contributed by atoms with Crippen molar-refractivity contribution in [3.8, 4) is 17.1 Å². The summed E-state index contributed by atoms with van der Waals surface area (Å²) in [6, 6.07) is 12.0. The highest BCUT2D eigenvalue weighted by Crippen LogP contribution is 2.29. The van der Waals surface area contributed by atoms with Gasteiger partial charge in [-0.25, -0.2) is 0 Å². The summed E-state index contributed by atoms with van der Waals surface area (Å²) in [6.07, 6.45) is 5.69. The van der Waals surface area contributed by atoms with Gasteiger partial charge in [-0.3, -0.25) is 14.3 Å². The molecule has 3 aromatic rings. The van der Waals surface area contributed by atoms with E-state index in [4.69, 9.17) is 0 Å². The molecule has 0 spiro atoms. The molecule has 7 heteroatoms. The van der Waals surface area contributed by atoms with Crippen LogP contribution in [0.5, 0.6) is 0 Å². The zero-order chi connectivity index (χ0) is 18.6. The summed E-state index contributed by atoms with van der Waals surface area (Å²) in [5.74, 6) is 1.30. The average molecular weight is 379 g/mol. The number of nitrogens with zero attached hydrogens (tertiary/aromatic N) is 5. The molecule has 1 aliphatic heterocycles. The number of pyridine rings is 1. The van der Waals surface area contributed by atoms with Crippen LogP contribution >= 0.6 is 11.8 Å². The number of hydrogen-bond acceptors (Lipinski definition) is 5. The zero-order valence-electron chi connectivity index (χ0n) is 15.2. The van der Waals surface area contributed by atoms with Crippen LogP contribution in [0.2, 0.25) is 0 Å². The minimum atomic E-state index is 0.169. The number of likely N-dealkylation sites (tertiary alicyclic amines) is 1. The second kappa shape index (κ2) is 7.92. The van der Waals surface area contributed by atoms with Gasteiger partial charge in [0.1, 0.15) is 0 Å². The first-order valence-electron chi connectivity index (χ1n) is 9.06. The number of aryl methyl sites for hydroxylation is 1. The van der Waals surface area contributed by atoms with Gasteiger partial charge in [-0.05, 0) is 43.5 Å². The van der Waals surface area contributed by atoms with Crippen molar-refractivity contribution in [3.05, 3.63) is 54.4 Å².